The molecule has 30 heavy (non-hydrogen) atoms. The van der Waals surface area contributed by atoms with Crippen LogP contribution in [0.25, 0.3) is 0 Å². The first-order valence-corrected chi connectivity index (χ1v) is 11.0. The summed E-state index contributed by atoms with van der Waals surface area (Å²) >= 11 is 0. The molecule has 4 rings (SSSR count). The average Bonchev–Trinajstić information content (AvgIpc) is 2.74. The van der Waals surface area contributed by atoms with Crippen molar-refractivity contribution in [1.29, 1.82) is 0 Å². The van der Waals surface area contributed by atoms with Crippen LogP contribution >= 0.6 is 12.4 Å². The summed E-state index contributed by atoms with van der Waals surface area (Å²) in [6.07, 6.45) is 8.64. The molecule has 2 aliphatic rings. The van der Waals surface area contributed by atoms with E-state index in [-0.39, 0.29) is 24.9 Å². The van der Waals surface area contributed by atoms with E-state index in [0.29, 0.717) is 18.6 Å². The van der Waals surface area contributed by atoms with E-state index in [1.807, 2.05) is 6.07 Å². The number of benzene rings is 2. The van der Waals surface area contributed by atoms with E-state index in [0.717, 1.165) is 18.6 Å². The van der Waals surface area contributed by atoms with Crippen molar-refractivity contribution in [2.24, 2.45) is 5.92 Å². The fourth-order valence-electron chi connectivity index (χ4n) is 5.01. The molecule has 2 atom stereocenters. The third kappa shape index (κ3) is 5.55. The Morgan fingerprint density at radius 2 is 1.80 bits per heavy atom. The van der Waals surface area contributed by atoms with Gasteiger partial charge in [-0.25, -0.2) is 0 Å². The molecule has 2 unspecified atom stereocenters. The predicted molar refractivity (Wildman–Crippen MR) is 122 cm³/mol. The fourth-order valence-corrected chi connectivity index (χ4v) is 5.01. The number of halogens is 1. The number of hydrogen-bond donors (Lipinski definition) is 2. The van der Waals surface area contributed by atoms with Gasteiger partial charge in [-0.05, 0) is 79.8 Å². The van der Waals surface area contributed by atoms with Crippen LogP contribution in [0, 0.1) is 5.92 Å². The van der Waals surface area contributed by atoms with Gasteiger partial charge in [0, 0.05) is 5.92 Å². The monoisotopic (exact) mass is 429 g/mol. The number of aryl methyl sites for hydroxylation is 1. The van der Waals surface area contributed by atoms with Gasteiger partial charge >= 0.3 is 5.97 Å². The van der Waals surface area contributed by atoms with Gasteiger partial charge in [0.1, 0.15) is 5.75 Å². The molecule has 1 fully saturated rings. The van der Waals surface area contributed by atoms with Crippen molar-refractivity contribution in [1.82, 2.24) is 5.32 Å². The number of carboxylic acids is 1. The van der Waals surface area contributed by atoms with Crippen molar-refractivity contribution in [3.8, 4) is 5.75 Å². The maximum absolute atomic E-state index is 10.9. The molecule has 0 bridgehead atoms. The maximum Gasteiger partial charge on any atom is 0.317 e. The van der Waals surface area contributed by atoms with Gasteiger partial charge < -0.3 is 15.2 Å². The lowest BCUT2D eigenvalue weighted by atomic mass is 9.71. The van der Waals surface area contributed by atoms with Crippen LogP contribution in [-0.2, 0) is 11.2 Å². The number of ether oxygens (including phenoxy) is 1. The van der Waals surface area contributed by atoms with Crippen molar-refractivity contribution >= 4 is 18.4 Å². The van der Waals surface area contributed by atoms with Crippen LogP contribution in [0.1, 0.15) is 61.1 Å². The minimum atomic E-state index is -0.804. The second kappa shape index (κ2) is 10.8. The van der Waals surface area contributed by atoms with E-state index in [9.17, 15) is 4.79 Å². The second-order valence-corrected chi connectivity index (χ2v) is 8.45. The first-order valence-electron chi connectivity index (χ1n) is 11.0. The maximum atomic E-state index is 10.9. The quantitative estimate of drug-likeness (QED) is 0.636. The van der Waals surface area contributed by atoms with E-state index in [2.05, 4.69) is 47.8 Å². The minimum absolute atomic E-state index is 0. The van der Waals surface area contributed by atoms with Crippen LogP contribution in [0.4, 0.5) is 0 Å². The Kier molecular flexibility index (Phi) is 8.17. The molecule has 5 heteroatoms. The van der Waals surface area contributed by atoms with Crippen LogP contribution < -0.4 is 10.1 Å². The molecule has 4 nitrogen and oxygen atoms in total. The fraction of sp³-hybridized carbons (Fsp3) is 0.480. The molecule has 0 amide bonds. The molecule has 2 aliphatic carbocycles. The lowest BCUT2D eigenvalue weighted by Gasteiger charge is -2.35. The first kappa shape index (κ1) is 22.6. The summed E-state index contributed by atoms with van der Waals surface area (Å²) in [6, 6.07) is 17.2. The third-order valence-corrected chi connectivity index (χ3v) is 6.40. The lowest BCUT2D eigenvalue weighted by molar-refractivity contribution is -0.136. The van der Waals surface area contributed by atoms with E-state index in [1.54, 1.807) is 0 Å². The summed E-state index contributed by atoms with van der Waals surface area (Å²) in [5.41, 5.74) is 4.04. The summed E-state index contributed by atoms with van der Waals surface area (Å²) in [5, 5.41) is 12.1. The zero-order valence-corrected chi connectivity index (χ0v) is 18.2. The number of carboxylic acid groups (broad SMARTS) is 1. The Bertz CT molecular complexity index is 820. The van der Waals surface area contributed by atoms with Gasteiger partial charge in [0.05, 0.1) is 12.6 Å². The number of fused-ring (bicyclic) bond motifs is 1. The Labute approximate surface area is 185 Å². The molecule has 1 saturated carbocycles. The number of rotatable bonds is 7. The molecule has 2 aromatic carbocycles. The smallest absolute Gasteiger partial charge is 0.317 e. The topological polar surface area (TPSA) is 58.6 Å². The molecule has 0 aliphatic heterocycles. The van der Waals surface area contributed by atoms with E-state index < -0.39 is 5.97 Å². The highest BCUT2D eigenvalue weighted by atomic mass is 35.5. The molecular formula is C25H32ClNO3. The van der Waals surface area contributed by atoms with Gasteiger partial charge in [-0.15, -0.1) is 12.4 Å². The number of carbonyl (C=O) groups is 1. The Morgan fingerprint density at radius 1 is 1.03 bits per heavy atom. The van der Waals surface area contributed by atoms with Gasteiger partial charge in [-0.1, -0.05) is 42.8 Å². The highest BCUT2D eigenvalue weighted by Crippen LogP contribution is 2.42. The summed E-state index contributed by atoms with van der Waals surface area (Å²) < 4.78 is 6.30. The van der Waals surface area contributed by atoms with Crippen LogP contribution in [0.15, 0.2) is 48.5 Å². The largest absolute Gasteiger partial charge is 0.490 e. The summed E-state index contributed by atoms with van der Waals surface area (Å²) in [4.78, 5) is 10.9. The van der Waals surface area contributed by atoms with E-state index >= 15 is 0 Å². The molecule has 0 aromatic heterocycles. The molecule has 2 aromatic rings. The second-order valence-electron chi connectivity index (χ2n) is 8.45. The van der Waals surface area contributed by atoms with Gasteiger partial charge in [-0.3, -0.25) is 4.79 Å². The van der Waals surface area contributed by atoms with Crippen molar-refractivity contribution in [3.05, 3.63) is 65.2 Å². The lowest BCUT2D eigenvalue weighted by Crippen LogP contribution is -2.34. The third-order valence-electron chi connectivity index (χ3n) is 6.40. The Morgan fingerprint density at radius 3 is 2.53 bits per heavy atom. The highest BCUT2D eigenvalue weighted by molar-refractivity contribution is 5.85. The molecule has 0 saturated heterocycles. The number of hydrogen-bond acceptors (Lipinski definition) is 3. The molecule has 162 valence electrons. The van der Waals surface area contributed by atoms with Crippen LogP contribution in [0.5, 0.6) is 5.75 Å². The van der Waals surface area contributed by atoms with E-state index in [1.165, 1.54) is 48.8 Å². The van der Waals surface area contributed by atoms with Crippen LogP contribution in [0.2, 0.25) is 0 Å². The molecular weight excluding hydrogens is 398 g/mol. The Hall–Kier alpha value is -2.04. The minimum Gasteiger partial charge on any atom is -0.490 e. The predicted octanol–water partition coefficient (Wildman–Crippen LogP) is 5.19. The zero-order valence-electron chi connectivity index (χ0n) is 17.4. The molecule has 0 spiro atoms. The van der Waals surface area contributed by atoms with Crippen molar-refractivity contribution in [2.45, 2.75) is 57.0 Å². The van der Waals surface area contributed by atoms with Crippen molar-refractivity contribution < 1.29 is 14.6 Å². The van der Waals surface area contributed by atoms with Crippen molar-refractivity contribution in [3.63, 3.8) is 0 Å². The van der Waals surface area contributed by atoms with Crippen LogP contribution in [0.3, 0.4) is 0 Å². The Balaban J connectivity index is 0.00000256. The average molecular weight is 430 g/mol. The normalized spacial score (nSPS) is 21.3. The molecule has 0 heterocycles. The van der Waals surface area contributed by atoms with E-state index in [4.69, 9.17) is 9.84 Å². The van der Waals surface area contributed by atoms with Gasteiger partial charge in [0.2, 0.25) is 0 Å². The standard InChI is InChI=1S/C25H31NO3.ClH/c27-24(28)17-26-16-20-12-11-19-15-22(29-21-9-5-2-6-10-21)13-14-23(19)25(20)18-7-3-1-4-8-18;/h1,3-4,7-8,13-15,20-21,25-26H,2,5-6,9-12,16-17H2,(H,27,28);1H. The van der Waals surface area contributed by atoms with Gasteiger partial charge in [0.15, 0.2) is 0 Å². The zero-order chi connectivity index (χ0) is 20.1. The number of aliphatic carboxylic acids is 1. The van der Waals surface area contributed by atoms with Crippen molar-refractivity contribution in [2.75, 3.05) is 13.1 Å². The van der Waals surface area contributed by atoms with Gasteiger partial charge in [-0.2, -0.15) is 0 Å². The summed E-state index contributed by atoms with van der Waals surface area (Å²) in [5.74, 6) is 0.867. The summed E-state index contributed by atoms with van der Waals surface area (Å²) in [6.45, 7) is 0.727. The van der Waals surface area contributed by atoms with Gasteiger partial charge in [0.25, 0.3) is 0 Å². The molecule has 2 N–H and O–H groups in total. The van der Waals surface area contributed by atoms with Crippen LogP contribution in [-0.4, -0.2) is 30.3 Å². The first-order chi connectivity index (χ1) is 14.2. The highest BCUT2D eigenvalue weighted by Gasteiger charge is 2.31. The summed E-state index contributed by atoms with van der Waals surface area (Å²) in [7, 11) is 0. The SMILES string of the molecule is Cl.O=C(O)CNCC1CCc2cc(OC3CCCCC3)ccc2C1c1ccccc1. The number of nitrogens with one attached hydrogen (secondary N) is 1. The molecule has 0 radical (unpaired) electrons.